The van der Waals surface area contributed by atoms with Crippen molar-refractivity contribution in [3.63, 3.8) is 0 Å². The Labute approximate surface area is 120 Å². The third-order valence-corrected chi connectivity index (χ3v) is 3.38. The molecule has 0 spiro atoms. The lowest BCUT2D eigenvalue weighted by Gasteiger charge is -2.11. The summed E-state index contributed by atoms with van der Waals surface area (Å²) in [5, 5.41) is 12.7. The van der Waals surface area contributed by atoms with E-state index in [1.165, 1.54) is 11.1 Å². The summed E-state index contributed by atoms with van der Waals surface area (Å²) in [6, 6.07) is 14.3. The second kappa shape index (κ2) is 6.96. The van der Waals surface area contributed by atoms with Gasteiger partial charge in [-0.1, -0.05) is 31.2 Å². The molecular formula is C17H21NO2. The maximum absolute atomic E-state index is 9.31. The lowest BCUT2D eigenvalue weighted by atomic mass is 10.1. The molecule has 3 nitrogen and oxygen atoms in total. The van der Waals surface area contributed by atoms with Crippen molar-refractivity contribution in [3.8, 4) is 5.75 Å². The third kappa shape index (κ3) is 3.52. The predicted molar refractivity (Wildman–Crippen MR) is 82.1 cm³/mol. The van der Waals surface area contributed by atoms with E-state index < -0.39 is 0 Å². The molecule has 0 bridgehead atoms. The van der Waals surface area contributed by atoms with E-state index in [2.05, 4.69) is 36.5 Å². The molecule has 106 valence electrons. The molecule has 0 amide bonds. The molecule has 20 heavy (non-hydrogen) atoms. The van der Waals surface area contributed by atoms with E-state index in [1.54, 1.807) is 7.11 Å². The molecule has 2 aromatic rings. The molecule has 2 aromatic carbocycles. The average molecular weight is 271 g/mol. The van der Waals surface area contributed by atoms with Gasteiger partial charge in [-0.05, 0) is 35.7 Å². The molecule has 0 aliphatic carbocycles. The number of ether oxygens (including phenoxy) is 1. The van der Waals surface area contributed by atoms with Crippen LogP contribution in [-0.4, -0.2) is 12.2 Å². The molecule has 0 heterocycles. The zero-order valence-corrected chi connectivity index (χ0v) is 12.0. The van der Waals surface area contributed by atoms with Gasteiger partial charge >= 0.3 is 0 Å². The number of aliphatic hydroxyl groups is 1. The van der Waals surface area contributed by atoms with Crippen LogP contribution in [0, 0.1) is 0 Å². The molecule has 0 aliphatic rings. The van der Waals surface area contributed by atoms with Gasteiger partial charge in [0.2, 0.25) is 0 Å². The van der Waals surface area contributed by atoms with Gasteiger partial charge in [0.05, 0.1) is 13.7 Å². The smallest absolute Gasteiger partial charge is 0.124 e. The zero-order chi connectivity index (χ0) is 14.4. The number of methoxy groups -OCH3 is 1. The highest BCUT2D eigenvalue weighted by Crippen LogP contribution is 2.23. The highest BCUT2D eigenvalue weighted by Gasteiger charge is 2.03. The van der Waals surface area contributed by atoms with Crippen molar-refractivity contribution in [3.05, 3.63) is 59.2 Å². The minimum absolute atomic E-state index is 0.0239. The molecule has 0 radical (unpaired) electrons. The van der Waals surface area contributed by atoms with Gasteiger partial charge in [0, 0.05) is 17.8 Å². The van der Waals surface area contributed by atoms with Crippen LogP contribution in [0.15, 0.2) is 42.5 Å². The summed E-state index contributed by atoms with van der Waals surface area (Å²) >= 11 is 0. The zero-order valence-electron chi connectivity index (χ0n) is 12.0. The number of benzene rings is 2. The largest absolute Gasteiger partial charge is 0.496 e. The van der Waals surface area contributed by atoms with Crippen molar-refractivity contribution in [1.29, 1.82) is 0 Å². The second-order valence-electron chi connectivity index (χ2n) is 4.71. The van der Waals surface area contributed by atoms with Gasteiger partial charge in [-0.2, -0.15) is 0 Å². The summed E-state index contributed by atoms with van der Waals surface area (Å²) < 4.78 is 5.19. The standard InChI is InChI=1S/C17H21NO2/c1-3-13-4-6-14(7-5-13)11-18-16-8-9-17(20-2)15(10-16)12-19/h4-10,18-19H,3,11-12H2,1-2H3. The van der Waals surface area contributed by atoms with Crippen LogP contribution in [0.3, 0.4) is 0 Å². The molecular weight excluding hydrogens is 250 g/mol. The monoisotopic (exact) mass is 271 g/mol. The van der Waals surface area contributed by atoms with Gasteiger partial charge in [-0.15, -0.1) is 0 Å². The number of aliphatic hydroxyl groups excluding tert-OH is 1. The normalized spacial score (nSPS) is 10.3. The van der Waals surface area contributed by atoms with Crippen LogP contribution in [0.4, 0.5) is 5.69 Å². The summed E-state index contributed by atoms with van der Waals surface area (Å²) in [5.41, 5.74) is 4.36. The summed E-state index contributed by atoms with van der Waals surface area (Å²) in [6.07, 6.45) is 1.06. The van der Waals surface area contributed by atoms with Gasteiger partial charge in [-0.3, -0.25) is 0 Å². The highest BCUT2D eigenvalue weighted by molar-refractivity contribution is 5.51. The second-order valence-corrected chi connectivity index (χ2v) is 4.71. The van der Waals surface area contributed by atoms with Gasteiger partial charge in [0.15, 0.2) is 0 Å². The number of hydrogen-bond acceptors (Lipinski definition) is 3. The van der Waals surface area contributed by atoms with E-state index in [-0.39, 0.29) is 6.61 Å². The fourth-order valence-electron chi connectivity index (χ4n) is 2.11. The van der Waals surface area contributed by atoms with Crippen LogP contribution in [0.1, 0.15) is 23.6 Å². The first kappa shape index (κ1) is 14.4. The van der Waals surface area contributed by atoms with Crippen molar-refractivity contribution in [2.45, 2.75) is 26.5 Å². The van der Waals surface area contributed by atoms with E-state index in [9.17, 15) is 5.11 Å². The van der Waals surface area contributed by atoms with Crippen LogP contribution in [-0.2, 0) is 19.6 Å². The topological polar surface area (TPSA) is 41.5 Å². The van der Waals surface area contributed by atoms with Crippen LogP contribution in [0.2, 0.25) is 0 Å². The Morgan fingerprint density at radius 1 is 1.05 bits per heavy atom. The van der Waals surface area contributed by atoms with Crippen molar-refractivity contribution in [2.75, 3.05) is 12.4 Å². The quantitative estimate of drug-likeness (QED) is 0.846. The molecule has 2 N–H and O–H groups in total. The summed E-state index contributed by atoms with van der Waals surface area (Å²) in [6.45, 7) is 2.89. The molecule has 3 heteroatoms. The Bertz CT molecular complexity index is 549. The first-order valence-electron chi connectivity index (χ1n) is 6.86. The van der Waals surface area contributed by atoms with Crippen molar-refractivity contribution < 1.29 is 9.84 Å². The van der Waals surface area contributed by atoms with Crippen molar-refractivity contribution in [2.24, 2.45) is 0 Å². The number of anilines is 1. The Morgan fingerprint density at radius 2 is 1.75 bits per heavy atom. The minimum atomic E-state index is -0.0239. The van der Waals surface area contributed by atoms with E-state index in [0.717, 1.165) is 24.2 Å². The summed E-state index contributed by atoms with van der Waals surface area (Å²) in [4.78, 5) is 0. The van der Waals surface area contributed by atoms with Crippen LogP contribution < -0.4 is 10.1 Å². The van der Waals surface area contributed by atoms with E-state index in [4.69, 9.17) is 4.74 Å². The maximum Gasteiger partial charge on any atom is 0.124 e. The first-order valence-corrected chi connectivity index (χ1v) is 6.86. The van der Waals surface area contributed by atoms with Gasteiger partial charge in [-0.25, -0.2) is 0 Å². The number of aryl methyl sites for hydroxylation is 1. The third-order valence-electron chi connectivity index (χ3n) is 3.38. The van der Waals surface area contributed by atoms with Crippen molar-refractivity contribution >= 4 is 5.69 Å². The minimum Gasteiger partial charge on any atom is -0.496 e. The van der Waals surface area contributed by atoms with Crippen LogP contribution in [0.5, 0.6) is 5.75 Å². The molecule has 0 saturated carbocycles. The van der Waals surface area contributed by atoms with E-state index in [0.29, 0.717) is 5.75 Å². The predicted octanol–water partition coefficient (Wildman–Crippen LogP) is 3.36. The maximum atomic E-state index is 9.31. The first-order chi connectivity index (χ1) is 9.76. The van der Waals surface area contributed by atoms with E-state index in [1.807, 2.05) is 18.2 Å². The Kier molecular flexibility index (Phi) is 5.02. The molecule has 0 saturated heterocycles. The summed E-state index contributed by atoms with van der Waals surface area (Å²) in [5.74, 6) is 0.713. The fourth-order valence-corrected chi connectivity index (χ4v) is 2.11. The van der Waals surface area contributed by atoms with Gasteiger partial charge in [0.25, 0.3) is 0 Å². The van der Waals surface area contributed by atoms with Gasteiger partial charge < -0.3 is 15.2 Å². The number of hydrogen-bond donors (Lipinski definition) is 2. The average Bonchev–Trinajstić information content (AvgIpc) is 2.53. The molecule has 0 unspecified atom stereocenters. The highest BCUT2D eigenvalue weighted by atomic mass is 16.5. The molecule has 0 aromatic heterocycles. The number of rotatable bonds is 6. The Hall–Kier alpha value is -2.00. The van der Waals surface area contributed by atoms with E-state index >= 15 is 0 Å². The lowest BCUT2D eigenvalue weighted by molar-refractivity contribution is 0.274. The Balaban J connectivity index is 2.02. The lowest BCUT2D eigenvalue weighted by Crippen LogP contribution is -2.01. The van der Waals surface area contributed by atoms with Crippen LogP contribution >= 0.6 is 0 Å². The summed E-state index contributed by atoms with van der Waals surface area (Å²) in [7, 11) is 1.61. The fraction of sp³-hybridized carbons (Fsp3) is 0.294. The number of nitrogens with one attached hydrogen (secondary N) is 1. The molecule has 2 rings (SSSR count). The molecule has 0 fully saturated rings. The molecule has 0 atom stereocenters. The van der Waals surface area contributed by atoms with Crippen molar-refractivity contribution in [1.82, 2.24) is 0 Å². The van der Waals surface area contributed by atoms with Gasteiger partial charge in [0.1, 0.15) is 5.75 Å². The van der Waals surface area contributed by atoms with Crippen LogP contribution in [0.25, 0.3) is 0 Å². The SMILES string of the molecule is CCc1ccc(CNc2ccc(OC)c(CO)c2)cc1. The molecule has 0 aliphatic heterocycles. The Morgan fingerprint density at radius 3 is 2.35 bits per heavy atom.